The van der Waals surface area contributed by atoms with Crippen molar-refractivity contribution < 1.29 is 27.9 Å². The summed E-state index contributed by atoms with van der Waals surface area (Å²) in [7, 11) is 0. The van der Waals surface area contributed by atoms with Gasteiger partial charge in [-0.05, 0) is 19.8 Å². The SMILES string of the molecule is CCCN(CCC)C(=O)C(C)N.O=C(O)C(F)(F)F. The Morgan fingerprint density at radius 2 is 1.53 bits per heavy atom. The number of hydrogen-bond acceptors (Lipinski definition) is 3. The van der Waals surface area contributed by atoms with E-state index in [-0.39, 0.29) is 11.9 Å². The van der Waals surface area contributed by atoms with Crippen molar-refractivity contribution in [3.63, 3.8) is 0 Å². The Morgan fingerprint density at radius 3 is 1.68 bits per heavy atom. The predicted molar refractivity (Wildman–Crippen MR) is 64.5 cm³/mol. The van der Waals surface area contributed by atoms with Gasteiger partial charge in [0, 0.05) is 13.1 Å². The van der Waals surface area contributed by atoms with Crippen LogP contribution in [0.15, 0.2) is 0 Å². The number of carbonyl (C=O) groups is 2. The standard InChI is InChI=1S/C9H20N2O.C2HF3O2/c1-4-6-11(7-5-2)9(12)8(3)10;3-2(4,5)1(6)7/h8H,4-7,10H2,1-3H3;(H,6,7). The molecule has 0 aliphatic rings. The molecule has 0 aliphatic carbocycles. The molecule has 0 radical (unpaired) electrons. The first-order valence-electron chi connectivity index (χ1n) is 5.92. The lowest BCUT2D eigenvalue weighted by Gasteiger charge is -2.23. The van der Waals surface area contributed by atoms with Gasteiger partial charge in [-0.2, -0.15) is 13.2 Å². The van der Waals surface area contributed by atoms with E-state index in [4.69, 9.17) is 15.6 Å². The summed E-state index contributed by atoms with van der Waals surface area (Å²) in [6, 6.07) is -0.358. The van der Waals surface area contributed by atoms with Gasteiger partial charge >= 0.3 is 12.1 Å². The first-order chi connectivity index (χ1) is 8.57. The Bertz CT molecular complexity index is 275. The fourth-order valence-corrected chi connectivity index (χ4v) is 1.16. The molecule has 3 N–H and O–H groups in total. The highest BCUT2D eigenvalue weighted by Gasteiger charge is 2.38. The van der Waals surface area contributed by atoms with Crippen LogP contribution in [0.5, 0.6) is 0 Å². The molecule has 0 aromatic carbocycles. The van der Waals surface area contributed by atoms with Crippen molar-refractivity contribution >= 4 is 11.9 Å². The number of aliphatic carboxylic acids is 1. The molecule has 19 heavy (non-hydrogen) atoms. The fourth-order valence-electron chi connectivity index (χ4n) is 1.16. The van der Waals surface area contributed by atoms with E-state index in [1.807, 2.05) is 4.90 Å². The van der Waals surface area contributed by atoms with E-state index < -0.39 is 12.1 Å². The summed E-state index contributed by atoms with van der Waals surface area (Å²) in [5.74, 6) is -2.69. The third-order valence-corrected chi connectivity index (χ3v) is 1.93. The van der Waals surface area contributed by atoms with Crippen molar-refractivity contribution in [1.82, 2.24) is 4.90 Å². The molecule has 0 heterocycles. The quantitative estimate of drug-likeness (QED) is 0.804. The summed E-state index contributed by atoms with van der Waals surface area (Å²) in [6.07, 6.45) is -3.09. The summed E-state index contributed by atoms with van der Waals surface area (Å²) in [4.78, 5) is 22.2. The van der Waals surface area contributed by atoms with Crippen LogP contribution in [-0.2, 0) is 9.59 Å². The molecule has 0 aliphatic heterocycles. The monoisotopic (exact) mass is 286 g/mol. The molecule has 0 bridgehead atoms. The van der Waals surface area contributed by atoms with Gasteiger partial charge in [0.2, 0.25) is 5.91 Å². The molecule has 0 saturated carbocycles. The van der Waals surface area contributed by atoms with E-state index in [1.54, 1.807) is 6.92 Å². The van der Waals surface area contributed by atoms with E-state index in [0.29, 0.717) is 0 Å². The number of nitrogens with zero attached hydrogens (tertiary/aromatic N) is 1. The van der Waals surface area contributed by atoms with Gasteiger partial charge < -0.3 is 15.7 Å². The molecule has 0 aromatic rings. The lowest BCUT2D eigenvalue weighted by molar-refractivity contribution is -0.192. The molecular weight excluding hydrogens is 265 g/mol. The van der Waals surface area contributed by atoms with Gasteiger partial charge in [0.05, 0.1) is 6.04 Å². The maximum absolute atomic E-state index is 11.4. The Morgan fingerprint density at radius 1 is 1.21 bits per heavy atom. The van der Waals surface area contributed by atoms with Crippen LogP contribution in [0.3, 0.4) is 0 Å². The average molecular weight is 286 g/mol. The number of carbonyl (C=O) groups excluding carboxylic acids is 1. The molecule has 0 spiro atoms. The van der Waals surface area contributed by atoms with Crippen LogP contribution in [0.4, 0.5) is 13.2 Å². The Labute approximate surface area is 110 Å². The first kappa shape index (κ1) is 20.0. The topological polar surface area (TPSA) is 83.6 Å². The molecular formula is C11H21F3N2O3. The lowest BCUT2D eigenvalue weighted by Crippen LogP contribution is -2.42. The van der Waals surface area contributed by atoms with Crippen LogP contribution in [0.1, 0.15) is 33.6 Å². The zero-order valence-corrected chi connectivity index (χ0v) is 11.3. The van der Waals surface area contributed by atoms with Crippen LogP contribution < -0.4 is 5.73 Å². The average Bonchev–Trinajstić information content (AvgIpc) is 2.27. The highest BCUT2D eigenvalue weighted by atomic mass is 19.4. The number of hydrogen-bond donors (Lipinski definition) is 2. The normalized spacial score (nSPS) is 12.2. The highest BCUT2D eigenvalue weighted by Crippen LogP contribution is 2.13. The number of rotatable bonds is 5. The second kappa shape index (κ2) is 9.60. The van der Waals surface area contributed by atoms with Crippen LogP contribution in [0, 0.1) is 0 Å². The maximum atomic E-state index is 11.4. The first-order valence-corrected chi connectivity index (χ1v) is 5.92. The molecule has 5 nitrogen and oxygen atoms in total. The van der Waals surface area contributed by atoms with Crippen molar-refractivity contribution in [3.8, 4) is 0 Å². The van der Waals surface area contributed by atoms with Crippen molar-refractivity contribution in [2.24, 2.45) is 5.73 Å². The second-order valence-corrected chi connectivity index (χ2v) is 3.92. The molecule has 114 valence electrons. The van der Waals surface area contributed by atoms with Crippen LogP contribution in [0.25, 0.3) is 0 Å². The smallest absolute Gasteiger partial charge is 0.475 e. The lowest BCUT2D eigenvalue weighted by atomic mass is 10.2. The van der Waals surface area contributed by atoms with Gasteiger partial charge in [0.15, 0.2) is 0 Å². The minimum absolute atomic E-state index is 0.0682. The Hall–Kier alpha value is -1.31. The van der Waals surface area contributed by atoms with Crippen molar-refractivity contribution in [2.75, 3.05) is 13.1 Å². The minimum atomic E-state index is -5.08. The van der Waals surface area contributed by atoms with Gasteiger partial charge in [0.1, 0.15) is 0 Å². The van der Waals surface area contributed by atoms with E-state index >= 15 is 0 Å². The number of carboxylic acid groups (broad SMARTS) is 1. The summed E-state index contributed by atoms with van der Waals surface area (Å²) in [5.41, 5.74) is 5.51. The summed E-state index contributed by atoms with van der Waals surface area (Å²) in [6.45, 7) is 7.53. The van der Waals surface area contributed by atoms with Gasteiger partial charge in [-0.1, -0.05) is 13.8 Å². The van der Waals surface area contributed by atoms with Crippen molar-refractivity contribution in [3.05, 3.63) is 0 Å². The summed E-state index contributed by atoms with van der Waals surface area (Å²) in [5, 5.41) is 7.12. The van der Waals surface area contributed by atoms with Crippen molar-refractivity contribution in [2.45, 2.75) is 45.8 Å². The van der Waals surface area contributed by atoms with Gasteiger partial charge in [0.25, 0.3) is 0 Å². The zero-order chi connectivity index (χ0) is 15.6. The van der Waals surface area contributed by atoms with E-state index in [9.17, 15) is 18.0 Å². The molecule has 0 fully saturated rings. The second-order valence-electron chi connectivity index (χ2n) is 3.92. The molecule has 1 amide bonds. The summed E-state index contributed by atoms with van der Waals surface area (Å²) < 4.78 is 31.7. The molecule has 0 rings (SSSR count). The largest absolute Gasteiger partial charge is 0.490 e. The Kier molecular flexibility index (Phi) is 10.1. The van der Waals surface area contributed by atoms with Gasteiger partial charge in [-0.25, -0.2) is 4.79 Å². The van der Waals surface area contributed by atoms with Gasteiger partial charge in [-0.3, -0.25) is 4.79 Å². The molecule has 1 unspecified atom stereocenters. The highest BCUT2D eigenvalue weighted by molar-refractivity contribution is 5.81. The summed E-state index contributed by atoms with van der Waals surface area (Å²) >= 11 is 0. The molecule has 1 atom stereocenters. The predicted octanol–water partition coefficient (Wildman–Crippen LogP) is 1.62. The van der Waals surface area contributed by atoms with Crippen LogP contribution in [0.2, 0.25) is 0 Å². The number of nitrogens with two attached hydrogens (primary N) is 1. The third kappa shape index (κ3) is 10.3. The van der Waals surface area contributed by atoms with Crippen LogP contribution in [-0.4, -0.2) is 47.2 Å². The van der Waals surface area contributed by atoms with Crippen LogP contribution >= 0.6 is 0 Å². The minimum Gasteiger partial charge on any atom is -0.475 e. The number of halogens is 3. The molecule has 8 heteroatoms. The zero-order valence-electron chi connectivity index (χ0n) is 11.3. The molecule has 0 aromatic heterocycles. The number of carboxylic acids is 1. The molecule has 0 saturated heterocycles. The fraction of sp³-hybridized carbons (Fsp3) is 0.818. The number of amides is 1. The maximum Gasteiger partial charge on any atom is 0.490 e. The van der Waals surface area contributed by atoms with E-state index in [0.717, 1.165) is 25.9 Å². The van der Waals surface area contributed by atoms with Gasteiger partial charge in [-0.15, -0.1) is 0 Å². The van der Waals surface area contributed by atoms with E-state index in [1.165, 1.54) is 0 Å². The van der Waals surface area contributed by atoms with Crippen molar-refractivity contribution in [1.29, 1.82) is 0 Å². The van der Waals surface area contributed by atoms with E-state index in [2.05, 4.69) is 13.8 Å². The third-order valence-electron chi connectivity index (χ3n) is 1.93. The Balaban J connectivity index is 0. The number of alkyl halides is 3.